The molecule has 1 aromatic rings. The Morgan fingerprint density at radius 3 is 2.24 bits per heavy atom. The summed E-state index contributed by atoms with van der Waals surface area (Å²) in [6, 6.07) is 4.61. The number of hydrogen-bond donors (Lipinski definition) is 5. The molecular formula is C39H58O7. The molecule has 11 unspecified atom stereocenters. The number of aryl methyl sites for hydroxylation is 1. The summed E-state index contributed by atoms with van der Waals surface area (Å²) in [6.07, 6.45) is 12.1. The van der Waals surface area contributed by atoms with E-state index in [-0.39, 0.29) is 71.3 Å². The van der Waals surface area contributed by atoms with Crippen LogP contribution in [-0.4, -0.2) is 56.9 Å². The van der Waals surface area contributed by atoms with Crippen molar-refractivity contribution in [3.63, 3.8) is 0 Å². The van der Waals surface area contributed by atoms with Gasteiger partial charge in [0.1, 0.15) is 6.10 Å². The molecule has 0 amide bonds. The minimum atomic E-state index is -0.529. The highest BCUT2D eigenvalue weighted by molar-refractivity contribution is 5.70. The van der Waals surface area contributed by atoms with Crippen LogP contribution in [0.4, 0.5) is 0 Å². The van der Waals surface area contributed by atoms with Gasteiger partial charge in [-0.05, 0) is 128 Å². The van der Waals surface area contributed by atoms with E-state index in [1.54, 1.807) is 11.6 Å². The van der Waals surface area contributed by atoms with E-state index in [9.17, 15) is 30.3 Å². The van der Waals surface area contributed by atoms with E-state index in [4.69, 9.17) is 4.74 Å². The third kappa shape index (κ3) is 5.13. The monoisotopic (exact) mass is 638 g/mol. The van der Waals surface area contributed by atoms with Crippen LogP contribution in [0, 0.1) is 50.7 Å². The van der Waals surface area contributed by atoms with Gasteiger partial charge < -0.3 is 30.3 Å². The molecule has 5 N–H and O–H groups in total. The first kappa shape index (κ1) is 33.8. The molecule has 0 bridgehead atoms. The molecule has 0 heterocycles. The minimum absolute atomic E-state index is 0.0178. The van der Waals surface area contributed by atoms with Gasteiger partial charge in [-0.15, -0.1) is 0 Å². The van der Waals surface area contributed by atoms with Gasteiger partial charge in [-0.25, -0.2) is 0 Å². The summed E-state index contributed by atoms with van der Waals surface area (Å²) in [4.78, 5) is 13.1. The van der Waals surface area contributed by atoms with E-state index < -0.39 is 16.9 Å². The first-order valence-electron chi connectivity index (χ1n) is 17.9. The van der Waals surface area contributed by atoms with Gasteiger partial charge in [-0.2, -0.15) is 0 Å². The predicted molar refractivity (Wildman–Crippen MR) is 177 cm³/mol. The normalized spacial score (nSPS) is 45.3. The Hall–Kier alpha value is -2.09. The maximum absolute atomic E-state index is 13.1. The second kappa shape index (κ2) is 11.8. The van der Waals surface area contributed by atoms with E-state index in [1.165, 1.54) is 12.1 Å². The number of rotatable bonds is 6. The molecule has 1 aromatic carbocycles. The lowest BCUT2D eigenvalue weighted by atomic mass is 9.42. The van der Waals surface area contributed by atoms with Crippen LogP contribution >= 0.6 is 0 Å². The number of ether oxygens (including phenoxy) is 1. The van der Waals surface area contributed by atoms with Crippen molar-refractivity contribution in [2.45, 2.75) is 124 Å². The maximum atomic E-state index is 13.1. The second-order valence-electron chi connectivity index (χ2n) is 17.4. The van der Waals surface area contributed by atoms with Crippen LogP contribution in [0.15, 0.2) is 29.8 Å². The van der Waals surface area contributed by atoms with Crippen LogP contribution in [0.5, 0.6) is 11.5 Å². The summed E-state index contributed by atoms with van der Waals surface area (Å²) in [5, 5.41) is 51.9. The molecule has 0 spiro atoms. The number of allylic oxidation sites excluding steroid dienone is 2. The first-order chi connectivity index (χ1) is 21.6. The predicted octanol–water partition coefficient (Wildman–Crippen LogP) is 6.68. The number of esters is 1. The van der Waals surface area contributed by atoms with Crippen molar-refractivity contribution in [2.24, 2.45) is 50.7 Å². The zero-order valence-electron chi connectivity index (χ0n) is 28.7. The Morgan fingerprint density at radius 2 is 1.54 bits per heavy atom. The zero-order chi connectivity index (χ0) is 33.3. The SMILES string of the molecule is CC12CCC3C(C)(CO)C(OC(=O)CCc4ccc(O)c(O)c4)CCC3(C)C1CCC1C(=CCC3C(C)(CO)C(O)CCC13C)C2. The molecule has 5 aliphatic rings. The first-order valence-corrected chi connectivity index (χ1v) is 17.9. The van der Waals surface area contributed by atoms with Crippen molar-refractivity contribution in [1.82, 2.24) is 0 Å². The standard InChI is InChI=1S/C39H58O7/c1-35-17-14-31-37(3,19-16-33(39(31,5)23-41)46-34(45)13-7-24-6-10-27(42)28(43)20-24)29(35)12-9-26-25(21-35)8-11-30-36(26,2)18-15-32(44)38(30,4)22-40/h6,8,10,20,26,29-33,40-44H,7,9,11-19,21-23H2,1-5H3. The smallest absolute Gasteiger partial charge is 0.306 e. The molecule has 6 rings (SSSR count). The van der Waals surface area contributed by atoms with Gasteiger partial charge in [-0.3, -0.25) is 4.79 Å². The van der Waals surface area contributed by atoms with Gasteiger partial charge >= 0.3 is 5.97 Å². The number of aliphatic hydroxyl groups is 3. The Morgan fingerprint density at radius 1 is 0.826 bits per heavy atom. The van der Waals surface area contributed by atoms with E-state index in [0.29, 0.717) is 18.3 Å². The van der Waals surface area contributed by atoms with Gasteiger partial charge in [0.2, 0.25) is 0 Å². The lowest BCUT2D eigenvalue weighted by Gasteiger charge is -2.64. The average Bonchev–Trinajstić information content (AvgIpc) is 3.18. The third-order valence-electron chi connectivity index (χ3n) is 15.0. The lowest BCUT2D eigenvalue weighted by molar-refractivity contribution is -0.206. The number of aliphatic hydroxyl groups excluding tert-OH is 3. The van der Waals surface area contributed by atoms with Crippen LogP contribution < -0.4 is 0 Å². The van der Waals surface area contributed by atoms with E-state index in [2.05, 4.69) is 40.7 Å². The summed E-state index contributed by atoms with van der Waals surface area (Å²) in [6.45, 7) is 11.7. The molecule has 7 nitrogen and oxygen atoms in total. The summed E-state index contributed by atoms with van der Waals surface area (Å²) in [7, 11) is 0. The minimum Gasteiger partial charge on any atom is -0.504 e. The lowest BCUT2D eigenvalue weighted by Crippen LogP contribution is -2.61. The van der Waals surface area contributed by atoms with Crippen LogP contribution in [0.2, 0.25) is 0 Å². The number of carbonyl (C=O) groups is 1. The Kier molecular flexibility index (Phi) is 8.67. The number of aromatic hydroxyl groups is 2. The Labute approximate surface area is 275 Å². The Bertz CT molecular complexity index is 1360. The van der Waals surface area contributed by atoms with Gasteiger partial charge in [0.15, 0.2) is 11.5 Å². The quantitative estimate of drug-likeness (QED) is 0.134. The molecule has 11 atom stereocenters. The molecule has 0 aromatic heterocycles. The highest BCUT2D eigenvalue weighted by Gasteiger charge is 2.64. The van der Waals surface area contributed by atoms with E-state index in [0.717, 1.165) is 69.8 Å². The molecule has 0 aliphatic heterocycles. The van der Waals surface area contributed by atoms with Crippen molar-refractivity contribution < 1.29 is 35.1 Å². The fourth-order valence-electron chi connectivity index (χ4n) is 12.4. The maximum Gasteiger partial charge on any atom is 0.306 e. The largest absolute Gasteiger partial charge is 0.504 e. The summed E-state index contributed by atoms with van der Waals surface area (Å²) >= 11 is 0. The fraction of sp³-hybridized carbons (Fsp3) is 0.769. The molecular weight excluding hydrogens is 580 g/mol. The van der Waals surface area contributed by atoms with E-state index in [1.807, 2.05) is 0 Å². The van der Waals surface area contributed by atoms with Gasteiger partial charge in [0.05, 0.1) is 19.3 Å². The van der Waals surface area contributed by atoms with Crippen LogP contribution in [0.3, 0.4) is 0 Å². The summed E-state index contributed by atoms with van der Waals surface area (Å²) < 4.78 is 6.18. The number of hydrogen-bond acceptors (Lipinski definition) is 7. The van der Waals surface area contributed by atoms with Gasteiger partial charge in [-0.1, -0.05) is 52.3 Å². The molecule has 5 aliphatic carbocycles. The van der Waals surface area contributed by atoms with Crippen molar-refractivity contribution in [1.29, 1.82) is 0 Å². The molecule has 46 heavy (non-hydrogen) atoms. The zero-order valence-corrected chi connectivity index (χ0v) is 28.7. The highest BCUT2D eigenvalue weighted by Crippen LogP contribution is 2.70. The number of phenols is 2. The number of benzene rings is 1. The summed E-state index contributed by atoms with van der Waals surface area (Å²) in [5.74, 6) is 0.798. The summed E-state index contributed by atoms with van der Waals surface area (Å²) in [5.41, 5.74) is 1.62. The molecule has 4 saturated carbocycles. The topological polar surface area (TPSA) is 127 Å². The van der Waals surface area contributed by atoms with Gasteiger partial charge in [0, 0.05) is 17.3 Å². The van der Waals surface area contributed by atoms with Gasteiger partial charge in [0.25, 0.3) is 0 Å². The molecule has 0 radical (unpaired) electrons. The van der Waals surface area contributed by atoms with Crippen molar-refractivity contribution in [3.05, 3.63) is 35.4 Å². The number of phenolic OH excluding ortho intramolecular Hbond substituents is 2. The highest BCUT2D eigenvalue weighted by atomic mass is 16.5. The third-order valence-corrected chi connectivity index (χ3v) is 15.0. The fourth-order valence-corrected chi connectivity index (χ4v) is 12.4. The Balaban J connectivity index is 1.20. The van der Waals surface area contributed by atoms with Crippen molar-refractivity contribution in [2.75, 3.05) is 13.2 Å². The van der Waals surface area contributed by atoms with Crippen LogP contribution in [-0.2, 0) is 16.0 Å². The molecule has 256 valence electrons. The number of fused-ring (bicyclic) bond motifs is 6. The molecule has 0 saturated heterocycles. The van der Waals surface area contributed by atoms with Crippen LogP contribution in [0.25, 0.3) is 0 Å². The van der Waals surface area contributed by atoms with Crippen molar-refractivity contribution in [3.8, 4) is 11.5 Å². The van der Waals surface area contributed by atoms with Crippen molar-refractivity contribution >= 4 is 5.97 Å². The van der Waals surface area contributed by atoms with Crippen LogP contribution in [0.1, 0.15) is 111 Å². The molecule has 7 heteroatoms. The number of carbonyl (C=O) groups excluding carboxylic acids is 1. The van der Waals surface area contributed by atoms with E-state index >= 15 is 0 Å². The average molecular weight is 639 g/mol. The molecule has 4 fully saturated rings. The second-order valence-corrected chi connectivity index (χ2v) is 17.4.